The number of amides is 2. The predicted molar refractivity (Wildman–Crippen MR) is 117 cm³/mol. The predicted octanol–water partition coefficient (Wildman–Crippen LogP) is 4.11. The zero-order valence-corrected chi connectivity index (χ0v) is 18.1. The number of nitrogens with zero attached hydrogens (tertiary/aromatic N) is 2. The molecule has 2 amide bonds. The third-order valence-electron chi connectivity index (χ3n) is 4.66. The van der Waals surface area contributed by atoms with Crippen molar-refractivity contribution in [2.75, 3.05) is 7.11 Å². The van der Waals surface area contributed by atoms with Crippen LogP contribution in [0.15, 0.2) is 75.3 Å². The number of nitrogens with one attached hydrogen (secondary N) is 1. The van der Waals surface area contributed by atoms with Gasteiger partial charge in [0.2, 0.25) is 0 Å². The summed E-state index contributed by atoms with van der Waals surface area (Å²) in [6.07, 6.45) is 3.12. The zero-order chi connectivity index (χ0) is 22.3. The minimum atomic E-state index is -0.303. The van der Waals surface area contributed by atoms with Crippen LogP contribution in [0.2, 0.25) is 0 Å². The number of thiazole rings is 1. The first-order chi connectivity index (χ1) is 15.6. The minimum Gasteiger partial charge on any atom is -0.497 e. The van der Waals surface area contributed by atoms with E-state index in [2.05, 4.69) is 10.3 Å². The molecule has 0 aliphatic rings. The number of rotatable bonds is 9. The van der Waals surface area contributed by atoms with Crippen LogP contribution >= 0.6 is 11.3 Å². The van der Waals surface area contributed by atoms with Crippen LogP contribution in [0.4, 0.5) is 0 Å². The number of hydrogen-bond donors (Lipinski definition) is 1. The van der Waals surface area contributed by atoms with E-state index in [1.807, 2.05) is 6.07 Å². The van der Waals surface area contributed by atoms with E-state index in [9.17, 15) is 9.59 Å². The number of aromatic nitrogens is 1. The summed E-state index contributed by atoms with van der Waals surface area (Å²) in [6, 6.07) is 14.0. The molecule has 4 aromatic rings. The number of carbonyl (C=O) groups is 2. The summed E-state index contributed by atoms with van der Waals surface area (Å²) in [5.74, 6) is 1.50. The van der Waals surface area contributed by atoms with Crippen molar-refractivity contribution in [1.82, 2.24) is 15.2 Å². The van der Waals surface area contributed by atoms with E-state index in [0.29, 0.717) is 33.5 Å². The molecule has 32 heavy (non-hydrogen) atoms. The second kappa shape index (κ2) is 9.97. The maximum absolute atomic E-state index is 13.2. The van der Waals surface area contributed by atoms with Crippen LogP contribution in [0.3, 0.4) is 0 Å². The summed E-state index contributed by atoms with van der Waals surface area (Å²) in [6.45, 7) is 0.790. The molecule has 0 unspecified atom stereocenters. The molecule has 1 aromatic carbocycles. The molecule has 0 bridgehead atoms. The van der Waals surface area contributed by atoms with Crippen LogP contribution in [-0.2, 0) is 19.6 Å². The molecular weight excluding hydrogens is 430 g/mol. The number of hydrogen-bond acceptors (Lipinski definition) is 7. The minimum absolute atomic E-state index is 0.178. The molecule has 0 saturated carbocycles. The van der Waals surface area contributed by atoms with Gasteiger partial charge in [-0.05, 0) is 48.5 Å². The van der Waals surface area contributed by atoms with Crippen molar-refractivity contribution >= 4 is 23.2 Å². The molecule has 0 fully saturated rings. The van der Waals surface area contributed by atoms with Gasteiger partial charge in [0.25, 0.3) is 11.8 Å². The van der Waals surface area contributed by atoms with Gasteiger partial charge in [0.05, 0.1) is 39.3 Å². The molecule has 9 heteroatoms. The Bertz CT molecular complexity index is 1150. The average molecular weight is 452 g/mol. The first-order valence-electron chi connectivity index (χ1n) is 9.83. The molecule has 3 aromatic heterocycles. The van der Waals surface area contributed by atoms with Gasteiger partial charge in [-0.25, -0.2) is 4.98 Å². The Morgan fingerprint density at radius 3 is 2.41 bits per heavy atom. The van der Waals surface area contributed by atoms with E-state index in [1.165, 1.54) is 11.3 Å². The van der Waals surface area contributed by atoms with E-state index in [0.717, 1.165) is 0 Å². The van der Waals surface area contributed by atoms with Crippen molar-refractivity contribution in [3.63, 3.8) is 0 Å². The summed E-state index contributed by atoms with van der Waals surface area (Å²) < 4.78 is 15.8. The van der Waals surface area contributed by atoms with Crippen molar-refractivity contribution in [3.05, 3.63) is 94.2 Å². The van der Waals surface area contributed by atoms with Crippen molar-refractivity contribution in [3.8, 4) is 5.75 Å². The lowest BCUT2D eigenvalue weighted by Gasteiger charge is -2.21. The van der Waals surface area contributed by atoms with Gasteiger partial charge in [-0.3, -0.25) is 9.59 Å². The quantitative estimate of drug-likeness (QED) is 0.411. The van der Waals surface area contributed by atoms with Crippen molar-refractivity contribution in [1.29, 1.82) is 0 Å². The fourth-order valence-corrected chi connectivity index (χ4v) is 3.82. The maximum atomic E-state index is 13.2. The highest BCUT2D eigenvalue weighted by molar-refractivity contribution is 7.09. The summed E-state index contributed by atoms with van der Waals surface area (Å²) in [7, 11) is 1.57. The number of methoxy groups -OCH3 is 1. The first-order valence-corrected chi connectivity index (χ1v) is 10.7. The first kappa shape index (κ1) is 21.4. The summed E-state index contributed by atoms with van der Waals surface area (Å²) in [5.41, 5.74) is 0.816. The molecule has 0 aliphatic carbocycles. The summed E-state index contributed by atoms with van der Waals surface area (Å²) in [4.78, 5) is 31.6. The third kappa shape index (κ3) is 5.25. The van der Waals surface area contributed by atoms with Gasteiger partial charge >= 0.3 is 0 Å². The fraction of sp³-hybridized carbons (Fsp3) is 0.174. The molecular formula is C23H21N3O5S. The summed E-state index contributed by atoms with van der Waals surface area (Å²) >= 11 is 1.32. The van der Waals surface area contributed by atoms with E-state index >= 15 is 0 Å². The zero-order valence-electron chi connectivity index (χ0n) is 17.3. The van der Waals surface area contributed by atoms with E-state index in [1.54, 1.807) is 72.4 Å². The second-order valence-electron chi connectivity index (χ2n) is 6.86. The maximum Gasteiger partial charge on any atom is 0.271 e. The van der Waals surface area contributed by atoms with Gasteiger partial charge in [0, 0.05) is 10.9 Å². The second-order valence-corrected chi connectivity index (χ2v) is 7.80. The standard InChI is InChI=1S/C23H21N3O5S/c1-29-17-8-6-16(7-9-17)23(28)26(13-19-5-3-11-31-19)14-21-25-20(15-32-21)22(27)24-12-18-4-2-10-30-18/h2-11,15H,12-14H2,1H3,(H,24,27). The highest BCUT2D eigenvalue weighted by Gasteiger charge is 2.20. The molecule has 0 saturated heterocycles. The molecule has 1 N–H and O–H groups in total. The smallest absolute Gasteiger partial charge is 0.271 e. The van der Waals surface area contributed by atoms with Gasteiger partial charge < -0.3 is 23.8 Å². The molecule has 0 radical (unpaired) electrons. The van der Waals surface area contributed by atoms with E-state index < -0.39 is 0 Å². The van der Waals surface area contributed by atoms with Crippen LogP contribution in [0.25, 0.3) is 0 Å². The van der Waals surface area contributed by atoms with Crippen LogP contribution < -0.4 is 10.1 Å². The Kier molecular flexibility index (Phi) is 6.66. The lowest BCUT2D eigenvalue weighted by molar-refractivity contribution is 0.0717. The lowest BCUT2D eigenvalue weighted by atomic mass is 10.2. The van der Waals surface area contributed by atoms with E-state index in [4.69, 9.17) is 13.6 Å². The number of benzene rings is 1. The summed E-state index contributed by atoms with van der Waals surface area (Å²) in [5, 5.41) is 5.08. The Balaban J connectivity index is 1.47. The Hall–Kier alpha value is -3.85. The number of ether oxygens (including phenoxy) is 1. The topological polar surface area (TPSA) is 97.8 Å². The van der Waals surface area contributed by atoms with Gasteiger partial charge in [-0.2, -0.15) is 0 Å². The average Bonchev–Trinajstić information content (AvgIpc) is 3.60. The molecule has 0 atom stereocenters. The monoisotopic (exact) mass is 451 g/mol. The van der Waals surface area contributed by atoms with Crippen LogP contribution in [0.1, 0.15) is 37.4 Å². The highest BCUT2D eigenvalue weighted by Crippen LogP contribution is 2.19. The van der Waals surface area contributed by atoms with E-state index in [-0.39, 0.29) is 31.4 Å². The molecule has 0 aliphatic heterocycles. The molecule has 4 rings (SSSR count). The van der Waals surface area contributed by atoms with Gasteiger partial charge in [-0.1, -0.05) is 0 Å². The SMILES string of the molecule is COc1ccc(C(=O)N(Cc2ccco2)Cc2nc(C(=O)NCc3ccco3)cs2)cc1. The molecule has 164 valence electrons. The van der Waals surface area contributed by atoms with Crippen molar-refractivity contribution in [2.24, 2.45) is 0 Å². The Morgan fingerprint density at radius 2 is 1.75 bits per heavy atom. The number of carbonyl (C=O) groups excluding carboxylic acids is 2. The van der Waals surface area contributed by atoms with Crippen molar-refractivity contribution in [2.45, 2.75) is 19.6 Å². The third-order valence-corrected chi connectivity index (χ3v) is 5.50. The molecule has 8 nitrogen and oxygen atoms in total. The van der Waals surface area contributed by atoms with Gasteiger partial charge in [-0.15, -0.1) is 11.3 Å². The molecule has 3 heterocycles. The van der Waals surface area contributed by atoms with Crippen LogP contribution in [0, 0.1) is 0 Å². The van der Waals surface area contributed by atoms with Crippen LogP contribution in [0.5, 0.6) is 5.75 Å². The van der Waals surface area contributed by atoms with Gasteiger partial charge in [0.15, 0.2) is 0 Å². The van der Waals surface area contributed by atoms with Crippen LogP contribution in [-0.4, -0.2) is 28.8 Å². The highest BCUT2D eigenvalue weighted by atomic mass is 32.1. The molecule has 0 spiro atoms. The van der Waals surface area contributed by atoms with Gasteiger partial charge in [0.1, 0.15) is 28.0 Å². The normalized spacial score (nSPS) is 10.7. The Morgan fingerprint density at radius 1 is 1.03 bits per heavy atom. The fourth-order valence-electron chi connectivity index (χ4n) is 3.03. The Labute approximate surface area is 188 Å². The largest absolute Gasteiger partial charge is 0.497 e. The lowest BCUT2D eigenvalue weighted by Crippen LogP contribution is -2.30. The number of furan rings is 2. The van der Waals surface area contributed by atoms with Crippen molar-refractivity contribution < 1.29 is 23.2 Å².